The van der Waals surface area contributed by atoms with Crippen molar-refractivity contribution in [3.8, 4) is 0 Å². The minimum atomic E-state index is -4.51. The Morgan fingerprint density at radius 1 is 1.33 bits per heavy atom. The molecule has 0 saturated heterocycles. The Bertz CT molecular complexity index is 124. The molecule has 0 aliphatic carbocycles. The van der Waals surface area contributed by atoms with Crippen molar-refractivity contribution >= 4 is 0 Å². The van der Waals surface area contributed by atoms with Gasteiger partial charge in [-0.25, -0.2) is 0 Å². The molecule has 5 heteroatoms. The van der Waals surface area contributed by atoms with Crippen LogP contribution in [0, 0.1) is 0 Å². The fraction of sp³-hybridized carbons (Fsp3) is 0.714. The summed E-state index contributed by atoms with van der Waals surface area (Å²) < 4.78 is 37.6. The average Bonchev–Trinajstić information content (AvgIpc) is 1.94. The number of hydrogen-bond acceptors (Lipinski definition) is 2. The topological polar surface area (TPSA) is 21.3 Å². The Kier molecular flexibility index (Phi) is 5.74. The fourth-order valence-corrected chi connectivity index (χ4v) is 0.568. The lowest BCUT2D eigenvalue weighted by molar-refractivity contribution is -0.323. The van der Waals surface area contributed by atoms with E-state index in [9.17, 15) is 13.2 Å². The monoisotopic (exact) mass is 183 g/mol. The van der Waals surface area contributed by atoms with Crippen molar-refractivity contribution in [3.63, 3.8) is 0 Å². The van der Waals surface area contributed by atoms with Crippen LogP contribution >= 0.6 is 0 Å². The second kappa shape index (κ2) is 6.02. The minimum absolute atomic E-state index is 0.202. The molecule has 0 amide bonds. The molecule has 0 spiro atoms. The quantitative estimate of drug-likeness (QED) is 0.499. The van der Waals surface area contributed by atoms with Crippen LogP contribution in [0.4, 0.5) is 13.2 Å². The summed E-state index contributed by atoms with van der Waals surface area (Å²) in [6, 6.07) is 0. The van der Waals surface area contributed by atoms with E-state index in [-0.39, 0.29) is 13.2 Å². The smallest absolute Gasteiger partial charge is 0.314 e. The highest BCUT2D eigenvalue weighted by Gasteiger charge is 2.28. The van der Waals surface area contributed by atoms with Gasteiger partial charge in [0, 0.05) is 6.54 Å². The van der Waals surface area contributed by atoms with Gasteiger partial charge in [0.2, 0.25) is 0 Å². The van der Waals surface area contributed by atoms with Crippen LogP contribution in [0.2, 0.25) is 0 Å². The Morgan fingerprint density at radius 2 is 2.00 bits per heavy atom. The molecule has 0 heterocycles. The zero-order valence-electron chi connectivity index (χ0n) is 6.66. The van der Waals surface area contributed by atoms with Gasteiger partial charge < -0.3 is 5.32 Å². The molecule has 0 radical (unpaired) electrons. The summed E-state index contributed by atoms with van der Waals surface area (Å²) in [4.78, 5) is 0. The van der Waals surface area contributed by atoms with Crippen molar-refractivity contribution in [2.75, 3.05) is 19.7 Å². The molecule has 1 N–H and O–H groups in total. The molecule has 0 rings (SSSR count). The summed E-state index contributed by atoms with van der Waals surface area (Å²) in [5.41, 5.74) is 0. The van der Waals surface area contributed by atoms with Gasteiger partial charge >= 0.3 is 6.36 Å². The molecule has 0 fully saturated rings. The van der Waals surface area contributed by atoms with Crippen LogP contribution in [0.15, 0.2) is 12.7 Å². The van der Waals surface area contributed by atoms with Gasteiger partial charge in [-0.15, -0.1) is 19.8 Å². The molecule has 12 heavy (non-hydrogen) atoms. The van der Waals surface area contributed by atoms with Gasteiger partial charge in [-0.2, -0.15) is 0 Å². The minimum Gasteiger partial charge on any atom is -0.314 e. The number of ether oxygens (including phenoxy) is 1. The maximum Gasteiger partial charge on any atom is 0.522 e. The van der Waals surface area contributed by atoms with Crippen molar-refractivity contribution in [1.29, 1.82) is 0 Å². The summed E-state index contributed by atoms with van der Waals surface area (Å²) >= 11 is 0. The van der Waals surface area contributed by atoms with Gasteiger partial charge in [0.05, 0.1) is 6.61 Å². The zero-order chi connectivity index (χ0) is 9.45. The van der Waals surface area contributed by atoms with Crippen molar-refractivity contribution in [1.82, 2.24) is 5.32 Å². The maximum atomic E-state index is 11.4. The second-order valence-corrected chi connectivity index (χ2v) is 2.12. The highest BCUT2D eigenvalue weighted by atomic mass is 19.4. The van der Waals surface area contributed by atoms with E-state index in [0.29, 0.717) is 6.54 Å². The lowest BCUT2D eigenvalue weighted by Gasteiger charge is -2.07. The van der Waals surface area contributed by atoms with Crippen molar-refractivity contribution in [3.05, 3.63) is 12.7 Å². The van der Waals surface area contributed by atoms with Gasteiger partial charge in [0.25, 0.3) is 0 Å². The molecule has 0 saturated carbocycles. The van der Waals surface area contributed by atoms with E-state index in [1.165, 1.54) is 0 Å². The number of rotatable bonds is 6. The molecule has 72 valence electrons. The van der Waals surface area contributed by atoms with E-state index >= 15 is 0 Å². The first-order chi connectivity index (χ1) is 5.56. The summed E-state index contributed by atoms with van der Waals surface area (Å²) in [5, 5.41) is 2.76. The summed E-state index contributed by atoms with van der Waals surface area (Å²) in [5.74, 6) is 0. The van der Waals surface area contributed by atoms with Crippen molar-refractivity contribution < 1.29 is 17.9 Å². The molecule has 2 nitrogen and oxygen atoms in total. The summed E-state index contributed by atoms with van der Waals surface area (Å²) in [6.45, 7) is 3.95. The number of halogens is 3. The highest BCUT2D eigenvalue weighted by molar-refractivity contribution is 4.67. The molecule has 0 aliphatic rings. The van der Waals surface area contributed by atoms with E-state index < -0.39 is 6.36 Å². The zero-order valence-corrected chi connectivity index (χ0v) is 6.66. The number of alkyl halides is 3. The Balaban J connectivity index is 3.06. The molecule has 0 unspecified atom stereocenters. The van der Waals surface area contributed by atoms with E-state index in [2.05, 4.69) is 16.6 Å². The first kappa shape index (κ1) is 11.4. The van der Waals surface area contributed by atoms with Crippen LogP contribution < -0.4 is 5.32 Å². The lowest BCUT2D eigenvalue weighted by Crippen LogP contribution is -2.24. The molecule has 0 atom stereocenters. The molecule has 0 aromatic carbocycles. The highest BCUT2D eigenvalue weighted by Crippen LogP contribution is 2.14. The van der Waals surface area contributed by atoms with Crippen LogP contribution in [0.3, 0.4) is 0 Å². The first-order valence-electron chi connectivity index (χ1n) is 3.58. The predicted molar refractivity (Wildman–Crippen MR) is 39.7 cm³/mol. The van der Waals surface area contributed by atoms with E-state index in [1.54, 1.807) is 6.08 Å². The SMILES string of the molecule is C=CCCNCCOC(F)(F)F. The molecular weight excluding hydrogens is 171 g/mol. The van der Waals surface area contributed by atoms with E-state index in [4.69, 9.17) is 0 Å². The lowest BCUT2D eigenvalue weighted by atomic mass is 10.4. The molecule has 0 aromatic heterocycles. The second-order valence-electron chi connectivity index (χ2n) is 2.12. The number of hydrogen-bond donors (Lipinski definition) is 1. The van der Waals surface area contributed by atoms with Crippen LogP contribution in [-0.4, -0.2) is 26.1 Å². The maximum absolute atomic E-state index is 11.4. The average molecular weight is 183 g/mol. The van der Waals surface area contributed by atoms with Crippen LogP contribution in [0.1, 0.15) is 6.42 Å². The van der Waals surface area contributed by atoms with E-state index in [0.717, 1.165) is 6.42 Å². The molecule has 0 bridgehead atoms. The molecule has 0 aromatic rings. The van der Waals surface area contributed by atoms with Crippen LogP contribution in [0.5, 0.6) is 0 Å². The Labute approximate surface area is 69.4 Å². The third-order valence-corrected chi connectivity index (χ3v) is 1.07. The fourth-order valence-electron chi connectivity index (χ4n) is 0.568. The standard InChI is InChI=1S/C7H12F3NO/c1-2-3-4-11-5-6-12-7(8,9)10/h2,11H,1,3-6H2. The van der Waals surface area contributed by atoms with Crippen molar-refractivity contribution in [2.24, 2.45) is 0 Å². The largest absolute Gasteiger partial charge is 0.522 e. The van der Waals surface area contributed by atoms with Crippen molar-refractivity contribution in [2.45, 2.75) is 12.8 Å². The predicted octanol–water partition coefficient (Wildman–Crippen LogP) is 1.69. The normalized spacial score (nSPS) is 11.6. The van der Waals surface area contributed by atoms with Gasteiger partial charge in [0.15, 0.2) is 0 Å². The third-order valence-electron chi connectivity index (χ3n) is 1.07. The van der Waals surface area contributed by atoms with Crippen LogP contribution in [0.25, 0.3) is 0 Å². The van der Waals surface area contributed by atoms with E-state index in [1.807, 2.05) is 0 Å². The molecule has 0 aliphatic heterocycles. The van der Waals surface area contributed by atoms with Gasteiger partial charge in [0.1, 0.15) is 0 Å². The number of nitrogens with one attached hydrogen (secondary N) is 1. The molecular formula is C7H12F3NO. The third kappa shape index (κ3) is 9.45. The summed E-state index contributed by atoms with van der Waals surface area (Å²) in [6.07, 6.45) is -2.08. The Hall–Kier alpha value is -0.550. The van der Waals surface area contributed by atoms with Gasteiger partial charge in [-0.1, -0.05) is 6.08 Å². The van der Waals surface area contributed by atoms with Gasteiger partial charge in [-0.3, -0.25) is 4.74 Å². The van der Waals surface area contributed by atoms with Gasteiger partial charge in [-0.05, 0) is 13.0 Å². The first-order valence-corrected chi connectivity index (χ1v) is 3.58. The Morgan fingerprint density at radius 3 is 2.50 bits per heavy atom. The van der Waals surface area contributed by atoms with Crippen LogP contribution in [-0.2, 0) is 4.74 Å². The summed E-state index contributed by atoms with van der Waals surface area (Å²) in [7, 11) is 0.